The second-order valence-electron chi connectivity index (χ2n) is 2.92. The molecule has 4 heteroatoms. The molecule has 0 saturated carbocycles. The van der Waals surface area contributed by atoms with E-state index in [0.717, 1.165) is 0 Å². The Labute approximate surface area is 75.6 Å². The molecule has 1 rings (SSSR count). The van der Waals surface area contributed by atoms with Crippen LogP contribution in [0.5, 0.6) is 5.75 Å². The van der Waals surface area contributed by atoms with Crippen molar-refractivity contribution in [2.45, 2.75) is 13.0 Å². The lowest BCUT2D eigenvalue weighted by molar-refractivity contribution is 0.264. The van der Waals surface area contributed by atoms with Crippen LogP contribution in [-0.2, 0) is 0 Å². The Morgan fingerprint density at radius 3 is 2.69 bits per heavy atom. The van der Waals surface area contributed by atoms with Gasteiger partial charge in [-0.15, -0.1) is 0 Å². The number of aliphatic hydroxyl groups is 1. The predicted octanol–water partition coefficient (Wildman–Crippen LogP) is 0.832. The van der Waals surface area contributed by atoms with Crippen LogP contribution in [0.2, 0.25) is 0 Å². The highest BCUT2D eigenvalue weighted by atomic mass is 19.1. The van der Waals surface area contributed by atoms with Gasteiger partial charge < -0.3 is 15.9 Å². The maximum Gasteiger partial charge on any atom is 0.168 e. The third kappa shape index (κ3) is 1.79. The topological polar surface area (TPSA) is 66.5 Å². The molecule has 0 fully saturated rings. The third-order valence-electron chi connectivity index (χ3n) is 1.94. The molecule has 72 valence electrons. The minimum Gasteiger partial charge on any atom is -0.505 e. The van der Waals surface area contributed by atoms with Crippen molar-refractivity contribution in [1.29, 1.82) is 0 Å². The Balaban J connectivity index is 3.18. The van der Waals surface area contributed by atoms with Crippen molar-refractivity contribution in [3.8, 4) is 5.75 Å². The largest absolute Gasteiger partial charge is 0.505 e. The van der Waals surface area contributed by atoms with Gasteiger partial charge in [0, 0.05) is 5.56 Å². The number of hydrogen-bond acceptors (Lipinski definition) is 3. The monoisotopic (exact) mass is 185 g/mol. The van der Waals surface area contributed by atoms with E-state index in [4.69, 9.17) is 10.8 Å². The molecule has 0 aliphatic rings. The lowest BCUT2D eigenvalue weighted by Crippen LogP contribution is -2.15. The number of benzene rings is 1. The van der Waals surface area contributed by atoms with Gasteiger partial charge in [-0.2, -0.15) is 0 Å². The van der Waals surface area contributed by atoms with Gasteiger partial charge in [0.05, 0.1) is 12.6 Å². The number of aryl methyl sites for hydroxylation is 1. The van der Waals surface area contributed by atoms with Crippen molar-refractivity contribution in [1.82, 2.24) is 0 Å². The van der Waals surface area contributed by atoms with E-state index >= 15 is 0 Å². The summed E-state index contributed by atoms with van der Waals surface area (Å²) in [5.41, 5.74) is 6.02. The highest BCUT2D eigenvalue weighted by Crippen LogP contribution is 2.27. The summed E-state index contributed by atoms with van der Waals surface area (Å²) in [4.78, 5) is 0. The van der Waals surface area contributed by atoms with Crippen molar-refractivity contribution in [2.24, 2.45) is 5.73 Å². The number of rotatable bonds is 2. The highest BCUT2D eigenvalue weighted by molar-refractivity contribution is 5.39. The number of phenolic OH excluding ortho intramolecular Hbond substituents is 1. The van der Waals surface area contributed by atoms with Crippen LogP contribution < -0.4 is 5.73 Å². The molecular weight excluding hydrogens is 173 g/mol. The van der Waals surface area contributed by atoms with Gasteiger partial charge in [0.2, 0.25) is 0 Å². The second-order valence-corrected chi connectivity index (χ2v) is 2.92. The molecule has 0 aliphatic heterocycles. The van der Waals surface area contributed by atoms with Gasteiger partial charge in [0.1, 0.15) is 0 Å². The maximum atomic E-state index is 13.1. The van der Waals surface area contributed by atoms with Gasteiger partial charge in [-0.25, -0.2) is 4.39 Å². The normalized spacial score (nSPS) is 12.9. The van der Waals surface area contributed by atoms with Crippen LogP contribution in [0.15, 0.2) is 12.1 Å². The summed E-state index contributed by atoms with van der Waals surface area (Å²) in [6, 6.07) is 2.28. The predicted molar refractivity (Wildman–Crippen MR) is 46.8 cm³/mol. The molecular formula is C9H12FNO2. The summed E-state index contributed by atoms with van der Waals surface area (Å²) in [5, 5.41) is 18.0. The molecule has 0 aromatic heterocycles. The number of aliphatic hydroxyl groups excluding tert-OH is 1. The van der Waals surface area contributed by atoms with Crippen molar-refractivity contribution >= 4 is 0 Å². The third-order valence-corrected chi connectivity index (χ3v) is 1.94. The quantitative estimate of drug-likeness (QED) is 0.639. The minimum atomic E-state index is -0.741. The summed E-state index contributed by atoms with van der Waals surface area (Å²) in [6.45, 7) is 1.22. The molecule has 0 radical (unpaired) electrons. The van der Waals surface area contributed by atoms with Crippen molar-refractivity contribution in [2.75, 3.05) is 6.61 Å². The second kappa shape index (κ2) is 3.72. The first-order chi connectivity index (χ1) is 6.07. The van der Waals surface area contributed by atoms with E-state index < -0.39 is 17.6 Å². The Bertz CT molecular complexity index is 315. The first-order valence-corrected chi connectivity index (χ1v) is 3.92. The molecule has 0 heterocycles. The van der Waals surface area contributed by atoms with E-state index in [1.165, 1.54) is 12.1 Å². The molecule has 3 nitrogen and oxygen atoms in total. The zero-order valence-corrected chi connectivity index (χ0v) is 7.29. The zero-order chi connectivity index (χ0) is 10.0. The molecule has 0 bridgehead atoms. The SMILES string of the molecule is Cc1ccc(C(N)CO)c(O)c1F. The van der Waals surface area contributed by atoms with Crippen molar-refractivity contribution < 1.29 is 14.6 Å². The molecule has 0 amide bonds. The molecule has 0 spiro atoms. The maximum absolute atomic E-state index is 13.1. The molecule has 13 heavy (non-hydrogen) atoms. The van der Waals surface area contributed by atoms with E-state index in [1.54, 1.807) is 6.92 Å². The first-order valence-electron chi connectivity index (χ1n) is 3.92. The average molecular weight is 185 g/mol. The first kappa shape index (κ1) is 9.95. The molecule has 1 aromatic rings. The van der Waals surface area contributed by atoms with E-state index in [0.29, 0.717) is 5.56 Å². The fourth-order valence-corrected chi connectivity index (χ4v) is 1.08. The molecule has 4 N–H and O–H groups in total. The summed E-state index contributed by atoms with van der Waals surface area (Å²) in [5.74, 6) is -1.15. The van der Waals surface area contributed by atoms with Crippen LogP contribution in [0.3, 0.4) is 0 Å². The summed E-state index contributed by atoms with van der Waals surface area (Å²) in [7, 11) is 0. The number of hydrogen-bond donors (Lipinski definition) is 3. The van der Waals surface area contributed by atoms with Gasteiger partial charge in [-0.05, 0) is 12.5 Å². The fourth-order valence-electron chi connectivity index (χ4n) is 1.08. The number of halogens is 1. The van der Waals surface area contributed by atoms with Gasteiger partial charge >= 0.3 is 0 Å². The van der Waals surface area contributed by atoms with Crippen LogP contribution in [0.4, 0.5) is 4.39 Å². The molecule has 0 aliphatic carbocycles. The lowest BCUT2D eigenvalue weighted by Gasteiger charge is -2.11. The number of phenols is 1. The average Bonchev–Trinajstić information content (AvgIpc) is 2.13. The number of aromatic hydroxyl groups is 1. The van der Waals surface area contributed by atoms with E-state index in [2.05, 4.69) is 0 Å². The van der Waals surface area contributed by atoms with Crippen LogP contribution in [-0.4, -0.2) is 16.8 Å². The van der Waals surface area contributed by atoms with E-state index in [1.807, 2.05) is 0 Å². The highest BCUT2D eigenvalue weighted by Gasteiger charge is 2.14. The van der Waals surface area contributed by atoms with Crippen molar-refractivity contribution in [3.05, 3.63) is 29.1 Å². The van der Waals surface area contributed by atoms with Gasteiger partial charge in [0.25, 0.3) is 0 Å². The van der Waals surface area contributed by atoms with Crippen LogP contribution >= 0.6 is 0 Å². The van der Waals surface area contributed by atoms with Crippen molar-refractivity contribution in [3.63, 3.8) is 0 Å². The van der Waals surface area contributed by atoms with Crippen LogP contribution in [0.25, 0.3) is 0 Å². The smallest absolute Gasteiger partial charge is 0.168 e. The molecule has 1 aromatic carbocycles. The van der Waals surface area contributed by atoms with Gasteiger partial charge in [-0.1, -0.05) is 12.1 Å². The lowest BCUT2D eigenvalue weighted by atomic mass is 10.0. The van der Waals surface area contributed by atoms with Gasteiger partial charge in [-0.3, -0.25) is 0 Å². The summed E-state index contributed by atoms with van der Waals surface area (Å²) in [6.07, 6.45) is 0. The van der Waals surface area contributed by atoms with Gasteiger partial charge in [0.15, 0.2) is 11.6 Å². The standard InChI is InChI=1S/C9H12FNO2/c1-5-2-3-6(7(11)4-12)9(13)8(5)10/h2-3,7,12-13H,4,11H2,1H3. The van der Waals surface area contributed by atoms with E-state index in [9.17, 15) is 9.50 Å². The van der Waals surface area contributed by atoms with E-state index in [-0.39, 0.29) is 12.2 Å². The van der Waals surface area contributed by atoms with Crippen LogP contribution in [0.1, 0.15) is 17.2 Å². The zero-order valence-electron chi connectivity index (χ0n) is 7.29. The Kier molecular flexibility index (Phi) is 2.85. The molecule has 0 saturated heterocycles. The fraction of sp³-hybridized carbons (Fsp3) is 0.333. The van der Waals surface area contributed by atoms with Crippen LogP contribution in [0, 0.1) is 12.7 Å². The molecule has 1 atom stereocenters. The Hall–Kier alpha value is -1.13. The Morgan fingerprint density at radius 2 is 2.15 bits per heavy atom. The number of nitrogens with two attached hydrogens (primary N) is 1. The summed E-state index contributed by atoms with van der Waals surface area (Å²) >= 11 is 0. The minimum absolute atomic E-state index is 0.227. The Morgan fingerprint density at radius 1 is 1.54 bits per heavy atom. The molecule has 1 unspecified atom stereocenters. The summed E-state index contributed by atoms with van der Waals surface area (Å²) < 4.78 is 13.1.